The number of sulfone groups is 1. The maximum Gasteiger partial charge on any atom is 0.311 e. The van der Waals surface area contributed by atoms with Gasteiger partial charge >= 0.3 is 5.97 Å². The molecule has 9 nitrogen and oxygen atoms in total. The van der Waals surface area contributed by atoms with E-state index in [1.165, 1.54) is 0 Å². The summed E-state index contributed by atoms with van der Waals surface area (Å²) in [4.78, 5) is 24.9. The zero-order valence-electron chi connectivity index (χ0n) is 18.7. The third-order valence-electron chi connectivity index (χ3n) is 5.83. The molecule has 0 bridgehead atoms. The van der Waals surface area contributed by atoms with Gasteiger partial charge in [0.15, 0.2) is 15.6 Å². The highest BCUT2D eigenvalue weighted by atomic mass is 32.2. The van der Waals surface area contributed by atoms with Crippen LogP contribution in [0.25, 0.3) is 0 Å². The van der Waals surface area contributed by atoms with Crippen molar-refractivity contribution in [1.82, 2.24) is 15.0 Å². The van der Waals surface area contributed by atoms with Gasteiger partial charge in [-0.1, -0.05) is 12.1 Å². The number of hydrogen-bond donors (Lipinski definition) is 2. The third-order valence-corrected chi connectivity index (χ3v) is 8.09. The molecular weight excluding hydrogens is 454 g/mol. The molecule has 5 rings (SSSR count). The largest absolute Gasteiger partial charge is 0.425 e. The van der Waals surface area contributed by atoms with Crippen LogP contribution in [0.3, 0.4) is 0 Å². The Balaban J connectivity index is 1.28. The first-order chi connectivity index (χ1) is 16.4. The molecule has 0 unspecified atom stereocenters. The minimum absolute atomic E-state index is 0.139. The van der Waals surface area contributed by atoms with E-state index in [4.69, 9.17) is 4.74 Å². The van der Waals surface area contributed by atoms with E-state index in [2.05, 4.69) is 25.6 Å². The van der Waals surface area contributed by atoms with Crippen molar-refractivity contribution in [2.75, 3.05) is 16.4 Å². The smallest absolute Gasteiger partial charge is 0.311 e. The van der Waals surface area contributed by atoms with Crippen LogP contribution in [-0.4, -0.2) is 40.3 Å². The number of nitrogens with one attached hydrogen (secondary N) is 2. The first-order valence-electron chi connectivity index (χ1n) is 11.2. The van der Waals surface area contributed by atoms with Crippen molar-refractivity contribution in [3.63, 3.8) is 0 Å². The molecule has 0 atom stereocenters. The van der Waals surface area contributed by atoms with Gasteiger partial charge in [0.1, 0.15) is 11.6 Å². The van der Waals surface area contributed by atoms with Gasteiger partial charge in [0.25, 0.3) is 0 Å². The lowest BCUT2D eigenvalue weighted by molar-refractivity contribution is -0.135. The van der Waals surface area contributed by atoms with Gasteiger partial charge in [-0.2, -0.15) is 4.98 Å². The summed E-state index contributed by atoms with van der Waals surface area (Å²) in [6.45, 7) is 1.90. The maximum absolute atomic E-state index is 12.2. The predicted octanol–water partition coefficient (Wildman–Crippen LogP) is 3.64. The van der Waals surface area contributed by atoms with Crippen molar-refractivity contribution in [3.8, 4) is 5.75 Å². The number of aryl methyl sites for hydroxylation is 3. The molecule has 1 aliphatic carbocycles. The lowest BCUT2D eigenvalue weighted by atomic mass is 10.1. The number of hydrogen-bond acceptors (Lipinski definition) is 9. The molecule has 1 saturated carbocycles. The fourth-order valence-electron chi connectivity index (χ4n) is 3.76. The van der Waals surface area contributed by atoms with Crippen LogP contribution in [0.1, 0.15) is 36.1 Å². The number of aromatic nitrogens is 3. The fourth-order valence-corrected chi connectivity index (χ4v) is 5.47. The lowest BCUT2D eigenvalue weighted by Gasteiger charge is -2.16. The summed E-state index contributed by atoms with van der Waals surface area (Å²) in [6, 6.07) is 11.1. The van der Waals surface area contributed by atoms with Gasteiger partial charge in [-0.05, 0) is 56.0 Å². The van der Waals surface area contributed by atoms with Gasteiger partial charge in [-0.15, -0.1) is 0 Å². The highest BCUT2D eigenvalue weighted by Gasteiger charge is 2.34. The van der Waals surface area contributed by atoms with Crippen molar-refractivity contribution >= 4 is 39.1 Å². The monoisotopic (exact) mass is 479 g/mol. The molecule has 34 heavy (non-hydrogen) atoms. The Morgan fingerprint density at radius 3 is 2.76 bits per heavy atom. The summed E-state index contributed by atoms with van der Waals surface area (Å²) < 4.78 is 29.6. The van der Waals surface area contributed by atoms with E-state index in [0.717, 1.165) is 35.3 Å². The maximum atomic E-state index is 12.2. The number of rotatable bonds is 8. The van der Waals surface area contributed by atoms with Crippen molar-refractivity contribution < 1.29 is 17.9 Å². The fraction of sp³-hybridized carbons (Fsp3) is 0.333. The number of ether oxygens (including phenoxy) is 1. The molecule has 10 heteroatoms. The van der Waals surface area contributed by atoms with Gasteiger partial charge in [-0.25, -0.2) is 18.4 Å². The number of esters is 1. The second-order valence-corrected chi connectivity index (χ2v) is 11.0. The van der Waals surface area contributed by atoms with Crippen LogP contribution >= 0.6 is 0 Å². The number of fused-ring (bicyclic) bond motifs is 1. The van der Waals surface area contributed by atoms with Crippen LogP contribution < -0.4 is 15.4 Å². The lowest BCUT2D eigenvalue weighted by Crippen LogP contribution is -2.17. The first-order valence-corrected chi connectivity index (χ1v) is 13.0. The molecule has 1 aromatic carbocycles. The van der Waals surface area contributed by atoms with Gasteiger partial charge in [0.05, 0.1) is 23.1 Å². The molecule has 2 aromatic heterocycles. The Hall–Kier alpha value is -3.53. The van der Waals surface area contributed by atoms with E-state index >= 15 is 0 Å². The van der Waals surface area contributed by atoms with E-state index < -0.39 is 9.84 Å². The third kappa shape index (κ3) is 5.17. The molecule has 3 heterocycles. The van der Waals surface area contributed by atoms with Gasteiger partial charge in [0, 0.05) is 23.9 Å². The standard InChI is InChI=1S/C24H25N5O4S/c1-15-14-25-24(26-17-4-2-3-16(13-17)11-12-34(31,32)18-5-6-18)29-23(15)28-21-9-8-20-19(27-21)7-10-22(30)33-20/h2-4,8-9,13-14,18H,5-7,10-12H2,1H3,(H2,25,26,27,28,29). The van der Waals surface area contributed by atoms with Gasteiger partial charge < -0.3 is 15.4 Å². The van der Waals surface area contributed by atoms with Crippen molar-refractivity contribution in [1.29, 1.82) is 0 Å². The molecule has 0 saturated heterocycles. The van der Waals surface area contributed by atoms with E-state index in [-0.39, 0.29) is 17.0 Å². The molecule has 0 radical (unpaired) electrons. The number of benzene rings is 1. The highest BCUT2D eigenvalue weighted by molar-refractivity contribution is 7.92. The van der Waals surface area contributed by atoms with Crippen molar-refractivity contribution in [2.45, 2.75) is 44.3 Å². The Morgan fingerprint density at radius 2 is 1.94 bits per heavy atom. The van der Waals surface area contributed by atoms with Crippen LogP contribution in [0.4, 0.5) is 23.3 Å². The van der Waals surface area contributed by atoms with E-state index in [1.54, 1.807) is 18.3 Å². The molecule has 2 N–H and O–H groups in total. The Bertz CT molecular complexity index is 1360. The average Bonchev–Trinajstić information content (AvgIpc) is 3.67. The van der Waals surface area contributed by atoms with Gasteiger partial charge in [0.2, 0.25) is 5.95 Å². The minimum atomic E-state index is -2.99. The van der Waals surface area contributed by atoms with E-state index in [0.29, 0.717) is 42.6 Å². The molecule has 0 spiro atoms. The zero-order valence-corrected chi connectivity index (χ0v) is 19.6. The molecule has 176 valence electrons. The summed E-state index contributed by atoms with van der Waals surface area (Å²) in [5.41, 5.74) is 3.30. The Kier molecular flexibility index (Phi) is 5.91. The van der Waals surface area contributed by atoms with Gasteiger partial charge in [-0.3, -0.25) is 4.79 Å². The summed E-state index contributed by atoms with van der Waals surface area (Å²) in [7, 11) is -2.99. The summed E-state index contributed by atoms with van der Waals surface area (Å²) in [6.07, 6.45) is 4.63. The summed E-state index contributed by atoms with van der Waals surface area (Å²) >= 11 is 0. The van der Waals surface area contributed by atoms with Crippen LogP contribution in [0.2, 0.25) is 0 Å². The number of carbonyl (C=O) groups is 1. The van der Waals surface area contributed by atoms with Crippen molar-refractivity contribution in [3.05, 3.63) is 59.4 Å². The minimum Gasteiger partial charge on any atom is -0.425 e. The summed E-state index contributed by atoms with van der Waals surface area (Å²) in [5.74, 6) is 2.03. The topological polar surface area (TPSA) is 123 Å². The van der Waals surface area contributed by atoms with E-state index in [1.807, 2.05) is 31.2 Å². The molecule has 2 aliphatic rings. The summed E-state index contributed by atoms with van der Waals surface area (Å²) in [5, 5.41) is 6.27. The predicted molar refractivity (Wildman–Crippen MR) is 128 cm³/mol. The van der Waals surface area contributed by atoms with Crippen LogP contribution in [0, 0.1) is 6.92 Å². The number of pyridine rings is 1. The van der Waals surface area contributed by atoms with Crippen LogP contribution in [-0.2, 0) is 27.5 Å². The average molecular weight is 480 g/mol. The highest BCUT2D eigenvalue weighted by Crippen LogP contribution is 2.30. The number of anilines is 4. The Morgan fingerprint density at radius 1 is 1.09 bits per heavy atom. The SMILES string of the molecule is Cc1cnc(Nc2cccc(CCS(=O)(=O)C3CC3)c2)nc1Nc1ccc2c(n1)CCC(=O)O2. The Labute approximate surface area is 197 Å². The quantitative estimate of drug-likeness (QED) is 0.466. The number of carbonyl (C=O) groups excluding carboxylic acids is 1. The zero-order chi connectivity index (χ0) is 23.7. The number of nitrogens with zero attached hydrogens (tertiary/aromatic N) is 3. The van der Waals surface area contributed by atoms with Crippen molar-refractivity contribution in [2.24, 2.45) is 0 Å². The second-order valence-electron chi connectivity index (χ2n) is 8.61. The molecule has 0 amide bonds. The molecule has 1 aliphatic heterocycles. The van der Waals surface area contributed by atoms with Crippen LogP contribution in [0.5, 0.6) is 5.75 Å². The van der Waals surface area contributed by atoms with Crippen LogP contribution in [0.15, 0.2) is 42.6 Å². The molecule has 3 aromatic rings. The second kappa shape index (κ2) is 9.02. The first kappa shape index (κ1) is 22.3. The molecular formula is C24H25N5O4S. The van der Waals surface area contributed by atoms with E-state index in [9.17, 15) is 13.2 Å². The molecule has 1 fully saturated rings. The normalized spacial score (nSPS) is 15.4.